The average Bonchev–Trinajstić information content (AvgIpc) is 3.18. The van der Waals surface area contributed by atoms with Crippen LogP contribution in [0.5, 0.6) is 0 Å². The monoisotopic (exact) mass is 255 g/mol. The van der Waals surface area contributed by atoms with E-state index in [1.165, 1.54) is 70.8 Å². The molecular weight excluding hydrogens is 222 g/mol. The van der Waals surface area contributed by atoms with Crippen molar-refractivity contribution in [2.24, 2.45) is 0 Å². The van der Waals surface area contributed by atoms with E-state index in [1.54, 1.807) is 0 Å². The van der Waals surface area contributed by atoms with E-state index in [0.29, 0.717) is 6.10 Å². The van der Waals surface area contributed by atoms with E-state index in [0.717, 1.165) is 12.6 Å². The fourth-order valence-corrected chi connectivity index (χ4v) is 2.23. The Kier molecular flexibility index (Phi) is 9.59. The summed E-state index contributed by atoms with van der Waals surface area (Å²) < 4.78 is 5.84. The zero-order valence-corrected chi connectivity index (χ0v) is 12.5. The molecule has 0 spiro atoms. The van der Waals surface area contributed by atoms with Crippen molar-refractivity contribution in [3.8, 4) is 0 Å². The predicted molar refractivity (Wildman–Crippen MR) is 79.0 cm³/mol. The van der Waals surface area contributed by atoms with Crippen LogP contribution in [0.2, 0.25) is 0 Å². The van der Waals surface area contributed by atoms with Gasteiger partial charge in [0.05, 0.1) is 6.10 Å². The van der Waals surface area contributed by atoms with Crippen molar-refractivity contribution in [3.63, 3.8) is 0 Å². The molecule has 1 atom stereocenters. The molecule has 1 saturated carbocycles. The number of ether oxygens (including phenoxy) is 1. The van der Waals surface area contributed by atoms with Crippen LogP contribution in [0.15, 0.2) is 0 Å². The lowest BCUT2D eigenvalue weighted by atomic mass is 10.1. The standard InChI is InChI=1S/C16H33NO/c1-3-4-5-6-7-8-14-18-15(2)10-9-13-17-16-11-12-16/h15-17H,3-14H2,1-2H3. The fourth-order valence-electron chi connectivity index (χ4n) is 2.23. The Labute approximate surface area is 114 Å². The highest BCUT2D eigenvalue weighted by Crippen LogP contribution is 2.18. The molecule has 1 aliphatic rings. The Morgan fingerprint density at radius 1 is 1.06 bits per heavy atom. The van der Waals surface area contributed by atoms with Gasteiger partial charge in [0.15, 0.2) is 0 Å². The lowest BCUT2D eigenvalue weighted by Gasteiger charge is -2.13. The molecule has 2 nitrogen and oxygen atoms in total. The first-order valence-electron chi connectivity index (χ1n) is 8.18. The van der Waals surface area contributed by atoms with E-state index in [-0.39, 0.29) is 0 Å². The third-order valence-corrected chi connectivity index (χ3v) is 3.70. The van der Waals surface area contributed by atoms with Gasteiger partial charge < -0.3 is 10.1 Å². The van der Waals surface area contributed by atoms with Gasteiger partial charge in [-0.25, -0.2) is 0 Å². The lowest BCUT2D eigenvalue weighted by molar-refractivity contribution is 0.0562. The Hall–Kier alpha value is -0.0800. The number of hydrogen-bond acceptors (Lipinski definition) is 2. The van der Waals surface area contributed by atoms with Crippen LogP contribution in [0.3, 0.4) is 0 Å². The van der Waals surface area contributed by atoms with Gasteiger partial charge >= 0.3 is 0 Å². The van der Waals surface area contributed by atoms with Crippen LogP contribution in [0.25, 0.3) is 0 Å². The second kappa shape index (κ2) is 10.8. The van der Waals surface area contributed by atoms with Gasteiger partial charge in [0.1, 0.15) is 0 Å². The summed E-state index contributed by atoms with van der Waals surface area (Å²) >= 11 is 0. The molecule has 2 heteroatoms. The topological polar surface area (TPSA) is 21.3 Å². The molecule has 1 unspecified atom stereocenters. The smallest absolute Gasteiger partial charge is 0.0547 e. The summed E-state index contributed by atoms with van der Waals surface area (Å²) in [5, 5.41) is 3.55. The van der Waals surface area contributed by atoms with E-state index < -0.39 is 0 Å². The van der Waals surface area contributed by atoms with Crippen molar-refractivity contribution >= 4 is 0 Å². The highest BCUT2D eigenvalue weighted by atomic mass is 16.5. The highest BCUT2D eigenvalue weighted by molar-refractivity contribution is 4.80. The van der Waals surface area contributed by atoms with Crippen LogP contribution >= 0.6 is 0 Å². The second-order valence-electron chi connectivity index (χ2n) is 5.82. The van der Waals surface area contributed by atoms with Gasteiger partial charge in [0.25, 0.3) is 0 Å². The first-order chi connectivity index (χ1) is 8.83. The van der Waals surface area contributed by atoms with Crippen LogP contribution in [-0.4, -0.2) is 25.3 Å². The Bertz CT molecular complexity index is 180. The molecule has 0 aromatic rings. The minimum atomic E-state index is 0.446. The van der Waals surface area contributed by atoms with Crippen LogP contribution in [0, 0.1) is 0 Å². The van der Waals surface area contributed by atoms with Crippen molar-refractivity contribution in [1.82, 2.24) is 5.32 Å². The third-order valence-electron chi connectivity index (χ3n) is 3.70. The van der Waals surface area contributed by atoms with Crippen LogP contribution in [0.4, 0.5) is 0 Å². The average molecular weight is 255 g/mol. The number of unbranched alkanes of at least 4 members (excludes halogenated alkanes) is 5. The molecule has 0 aromatic carbocycles. The van der Waals surface area contributed by atoms with E-state index in [2.05, 4.69) is 19.2 Å². The molecule has 0 aliphatic heterocycles. The van der Waals surface area contributed by atoms with Crippen molar-refractivity contribution < 1.29 is 4.74 Å². The minimum absolute atomic E-state index is 0.446. The zero-order chi connectivity index (χ0) is 13.1. The van der Waals surface area contributed by atoms with Gasteiger partial charge in [-0.1, -0.05) is 39.0 Å². The maximum atomic E-state index is 5.84. The molecule has 0 amide bonds. The quantitative estimate of drug-likeness (QED) is 0.496. The summed E-state index contributed by atoms with van der Waals surface area (Å²) in [6, 6.07) is 0.851. The molecule has 0 heterocycles. The number of rotatable bonds is 13. The second-order valence-corrected chi connectivity index (χ2v) is 5.82. The van der Waals surface area contributed by atoms with Crippen LogP contribution in [0.1, 0.15) is 78.1 Å². The molecule has 0 bridgehead atoms. The van der Waals surface area contributed by atoms with Crippen molar-refractivity contribution in [1.29, 1.82) is 0 Å². The molecule has 108 valence electrons. The van der Waals surface area contributed by atoms with Gasteiger partial charge in [0, 0.05) is 12.6 Å². The Balaban J connectivity index is 1.73. The van der Waals surface area contributed by atoms with E-state index >= 15 is 0 Å². The molecule has 1 rings (SSSR count). The van der Waals surface area contributed by atoms with Crippen LogP contribution < -0.4 is 5.32 Å². The number of hydrogen-bond donors (Lipinski definition) is 1. The third kappa shape index (κ3) is 9.90. The summed E-state index contributed by atoms with van der Waals surface area (Å²) in [4.78, 5) is 0. The van der Waals surface area contributed by atoms with E-state index in [1.807, 2.05) is 0 Å². The van der Waals surface area contributed by atoms with E-state index in [9.17, 15) is 0 Å². The first-order valence-corrected chi connectivity index (χ1v) is 8.18. The van der Waals surface area contributed by atoms with Gasteiger partial charge in [-0.3, -0.25) is 0 Å². The Morgan fingerprint density at radius 3 is 2.50 bits per heavy atom. The fraction of sp³-hybridized carbons (Fsp3) is 1.00. The van der Waals surface area contributed by atoms with Crippen LogP contribution in [-0.2, 0) is 4.74 Å². The highest BCUT2D eigenvalue weighted by Gasteiger charge is 2.19. The molecule has 0 aromatic heterocycles. The van der Waals surface area contributed by atoms with Gasteiger partial charge in [-0.15, -0.1) is 0 Å². The van der Waals surface area contributed by atoms with Gasteiger partial charge in [0.2, 0.25) is 0 Å². The van der Waals surface area contributed by atoms with Crippen molar-refractivity contribution in [2.45, 2.75) is 90.2 Å². The van der Waals surface area contributed by atoms with Gasteiger partial charge in [-0.05, 0) is 45.6 Å². The maximum Gasteiger partial charge on any atom is 0.0547 e. The number of nitrogens with one attached hydrogen (secondary N) is 1. The molecule has 0 radical (unpaired) electrons. The molecular formula is C16H33NO. The normalized spacial score (nSPS) is 17.0. The molecule has 0 saturated heterocycles. The summed E-state index contributed by atoms with van der Waals surface area (Å²) in [5.41, 5.74) is 0. The lowest BCUT2D eigenvalue weighted by Crippen LogP contribution is -2.19. The molecule has 1 aliphatic carbocycles. The molecule has 18 heavy (non-hydrogen) atoms. The first kappa shape index (κ1) is 16.0. The van der Waals surface area contributed by atoms with Crippen molar-refractivity contribution in [2.75, 3.05) is 13.2 Å². The summed E-state index contributed by atoms with van der Waals surface area (Å²) in [6.45, 7) is 6.62. The minimum Gasteiger partial charge on any atom is -0.379 e. The van der Waals surface area contributed by atoms with E-state index in [4.69, 9.17) is 4.74 Å². The summed E-state index contributed by atoms with van der Waals surface area (Å²) in [7, 11) is 0. The zero-order valence-electron chi connectivity index (χ0n) is 12.5. The molecule has 1 N–H and O–H groups in total. The van der Waals surface area contributed by atoms with Gasteiger partial charge in [-0.2, -0.15) is 0 Å². The predicted octanol–water partition coefficient (Wildman–Crippen LogP) is 4.28. The molecule has 1 fully saturated rings. The largest absolute Gasteiger partial charge is 0.379 e. The Morgan fingerprint density at radius 2 is 1.78 bits per heavy atom. The summed E-state index contributed by atoms with van der Waals surface area (Å²) in [6.07, 6.45) is 13.8. The SMILES string of the molecule is CCCCCCCCOC(C)CCCNC1CC1. The maximum absolute atomic E-state index is 5.84. The van der Waals surface area contributed by atoms with Crippen molar-refractivity contribution in [3.05, 3.63) is 0 Å². The summed E-state index contributed by atoms with van der Waals surface area (Å²) in [5.74, 6) is 0.